The molecule has 2 aromatic carbocycles. The minimum absolute atomic E-state index is 0.128. The Labute approximate surface area is 203 Å². The molecule has 0 bridgehead atoms. The van der Waals surface area contributed by atoms with E-state index in [1.807, 2.05) is 0 Å². The van der Waals surface area contributed by atoms with Crippen LogP contribution in [0.25, 0.3) is 0 Å². The highest BCUT2D eigenvalue weighted by atomic mass is 35.5. The number of benzene rings is 2. The minimum atomic E-state index is -3.55. The van der Waals surface area contributed by atoms with Crippen molar-refractivity contribution in [2.75, 3.05) is 26.7 Å². The first-order valence-corrected chi connectivity index (χ1v) is 12.7. The van der Waals surface area contributed by atoms with Crippen LogP contribution in [0.3, 0.4) is 0 Å². The van der Waals surface area contributed by atoms with Crippen molar-refractivity contribution in [3.63, 3.8) is 0 Å². The largest absolute Gasteiger partial charge is 0.496 e. The van der Waals surface area contributed by atoms with E-state index in [4.69, 9.17) is 27.9 Å². The zero-order chi connectivity index (χ0) is 24.0. The lowest BCUT2D eigenvalue weighted by Crippen LogP contribution is -2.34. The second-order valence-corrected chi connectivity index (χ2v) is 10.4. The number of halogens is 2. The topological polar surface area (TPSA) is 95.9 Å². The molecule has 7 nitrogen and oxygen atoms in total. The van der Waals surface area contributed by atoms with Gasteiger partial charge in [0.2, 0.25) is 5.91 Å². The summed E-state index contributed by atoms with van der Waals surface area (Å²) in [6, 6.07) is 11.0. The van der Waals surface area contributed by atoms with Gasteiger partial charge in [0.1, 0.15) is 12.0 Å². The number of methoxy groups -OCH3 is 1. The van der Waals surface area contributed by atoms with Gasteiger partial charge in [-0.2, -0.15) is 0 Å². The summed E-state index contributed by atoms with van der Waals surface area (Å²) in [6.45, 7) is 1.25. The molecule has 0 radical (unpaired) electrons. The van der Waals surface area contributed by atoms with Crippen molar-refractivity contribution in [1.82, 2.24) is 10.2 Å². The van der Waals surface area contributed by atoms with E-state index in [9.17, 15) is 18.3 Å². The fourth-order valence-corrected chi connectivity index (χ4v) is 5.02. The highest BCUT2D eigenvalue weighted by Crippen LogP contribution is 2.33. The molecule has 1 saturated heterocycles. The smallest absolute Gasteiger partial charge is 0.224 e. The van der Waals surface area contributed by atoms with Gasteiger partial charge in [-0.3, -0.25) is 9.69 Å². The van der Waals surface area contributed by atoms with Gasteiger partial charge in [-0.25, -0.2) is 8.42 Å². The Kier molecular flexibility index (Phi) is 8.78. The number of amides is 1. The molecule has 1 aliphatic rings. The van der Waals surface area contributed by atoms with Crippen LogP contribution in [0, 0.1) is 5.92 Å². The van der Waals surface area contributed by atoms with Gasteiger partial charge in [0, 0.05) is 40.7 Å². The molecule has 0 aromatic heterocycles. The number of hydrogen-bond donors (Lipinski definition) is 2. The Bertz CT molecular complexity index is 1110. The second kappa shape index (κ2) is 11.4. The van der Waals surface area contributed by atoms with E-state index in [0.29, 0.717) is 53.8 Å². The lowest BCUT2D eigenvalue weighted by molar-refractivity contribution is -0.124. The lowest BCUT2D eigenvalue weighted by atomic mass is 10.1. The zero-order valence-electron chi connectivity index (χ0n) is 18.1. The third-order valence-electron chi connectivity index (χ3n) is 5.43. The molecule has 1 amide bonds. The number of rotatable bonds is 9. The first-order chi connectivity index (χ1) is 15.7. The Hall–Kier alpha value is -2.10. The zero-order valence-corrected chi connectivity index (χ0v) is 20.4. The van der Waals surface area contributed by atoms with Crippen LogP contribution in [-0.2, 0) is 14.6 Å². The molecule has 0 saturated carbocycles. The highest BCUT2D eigenvalue weighted by molar-refractivity contribution is 7.94. The van der Waals surface area contributed by atoms with Crippen LogP contribution in [0.1, 0.15) is 24.6 Å². The van der Waals surface area contributed by atoms with E-state index in [1.54, 1.807) is 23.1 Å². The van der Waals surface area contributed by atoms with Crippen molar-refractivity contribution in [2.45, 2.75) is 24.0 Å². The van der Waals surface area contributed by atoms with Crippen molar-refractivity contribution in [3.05, 3.63) is 69.6 Å². The Balaban J connectivity index is 1.48. The van der Waals surface area contributed by atoms with Crippen LogP contribution in [-0.4, -0.2) is 51.1 Å². The van der Waals surface area contributed by atoms with Crippen molar-refractivity contribution in [2.24, 2.45) is 5.92 Å². The van der Waals surface area contributed by atoms with Crippen molar-refractivity contribution >= 4 is 38.9 Å². The standard InChI is InChI=1S/C23H26Cl2N2O5S/c1-32-21-9-6-18(25)14-20(21)23(29)27-12-10-16(15-27)22(28)26-11-2-3-13-33(30,31)19-7-4-17(24)5-8-19/h3-9,13-14,16,23,29H,2,10-12,15H2,1H3,(H,26,28)/b13-3+. The maximum absolute atomic E-state index is 12.5. The van der Waals surface area contributed by atoms with Gasteiger partial charge in [0.15, 0.2) is 9.84 Å². The lowest BCUT2D eigenvalue weighted by Gasteiger charge is -2.24. The highest BCUT2D eigenvalue weighted by Gasteiger charge is 2.33. The molecule has 2 atom stereocenters. The van der Waals surface area contributed by atoms with E-state index in [1.165, 1.54) is 37.5 Å². The molecule has 0 aliphatic carbocycles. The average molecular weight is 513 g/mol. The normalized spacial score (nSPS) is 17.9. The van der Waals surface area contributed by atoms with Gasteiger partial charge >= 0.3 is 0 Å². The monoisotopic (exact) mass is 512 g/mol. The number of sulfone groups is 1. The van der Waals surface area contributed by atoms with Crippen molar-refractivity contribution in [3.8, 4) is 5.75 Å². The number of nitrogens with one attached hydrogen (secondary N) is 1. The van der Waals surface area contributed by atoms with E-state index in [-0.39, 0.29) is 16.7 Å². The summed E-state index contributed by atoms with van der Waals surface area (Å²) in [4.78, 5) is 14.5. The van der Waals surface area contributed by atoms with Gasteiger partial charge < -0.3 is 15.2 Å². The summed E-state index contributed by atoms with van der Waals surface area (Å²) < 4.78 is 29.8. The molecule has 1 heterocycles. The van der Waals surface area contributed by atoms with E-state index < -0.39 is 16.1 Å². The SMILES string of the molecule is COc1ccc(Cl)cc1C(O)N1CCC(C(=O)NCC/C=C/S(=O)(=O)c2ccc(Cl)cc2)C1. The summed E-state index contributed by atoms with van der Waals surface area (Å²) >= 11 is 11.8. The van der Waals surface area contributed by atoms with Gasteiger partial charge in [0.25, 0.3) is 0 Å². The summed E-state index contributed by atoms with van der Waals surface area (Å²) in [6.07, 6.45) is 1.56. The molecule has 33 heavy (non-hydrogen) atoms. The van der Waals surface area contributed by atoms with Crippen LogP contribution >= 0.6 is 23.2 Å². The average Bonchev–Trinajstić information content (AvgIpc) is 3.29. The van der Waals surface area contributed by atoms with Crippen LogP contribution < -0.4 is 10.1 Å². The Morgan fingerprint density at radius 3 is 2.64 bits per heavy atom. The maximum Gasteiger partial charge on any atom is 0.224 e. The minimum Gasteiger partial charge on any atom is -0.496 e. The maximum atomic E-state index is 12.5. The molecule has 0 spiro atoms. The molecule has 1 aliphatic heterocycles. The van der Waals surface area contributed by atoms with Gasteiger partial charge in [0.05, 0.1) is 17.9 Å². The van der Waals surface area contributed by atoms with E-state index in [0.717, 1.165) is 5.41 Å². The fraction of sp³-hybridized carbons (Fsp3) is 0.348. The molecule has 10 heteroatoms. The second-order valence-electron chi connectivity index (χ2n) is 7.69. The summed E-state index contributed by atoms with van der Waals surface area (Å²) in [7, 11) is -2.03. The third kappa shape index (κ3) is 6.71. The van der Waals surface area contributed by atoms with Crippen molar-refractivity contribution < 1.29 is 23.1 Å². The number of carbonyl (C=O) groups is 1. The number of likely N-dealkylation sites (tertiary alicyclic amines) is 1. The Morgan fingerprint density at radius 1 is 1.24 bits per heavy atom. The van der Waals surface area contributed by atoms with Gasteiger partial charge in [-0.1, -0.05) is 29.3 Å². The molecule has 3 rings (SSSR count). The quantitative estimate of drug-likeness (QED) is 0.496. The van der Waals surface area contributed by atoms with Crippen LogP contribution in [0.5, 0.6) is 5.75 Å². The number of ether oxygens (including phenoxy) is 1. The number of aliphatic hydroxyl groups is 1. The van der Waals surface area contributed by atoms with Crippen LogP contribution in [0.2, 0.25) is 10.0 Å². The van der Waals surface area contributed by atoms with E-state index >= 15 is 0 Å². The Morgan fingerprint density at radius 2 is 1.94 bits per heavy atom. The fourth-order valence-electron chi connectivity index (χ4n) is 3.65. The van der Waals surface area contributed by atoms with Gasteiger partial charge in [-0.05, 0) is 55.3 Å². The molecular weight excluding hydrogens is 487 g/mol. The number of nitrogens with zero attached hydrogens (tertiary/aromatic N) is 1. The number of carbonyl (C=O) groups excluding carboxylic acids is 1. The first kappa shape index (κ1) is 25.5. The summed E-state index contributed by atoms with van der Waals surface area (Å²) in [5, 5.41) is 15.7. The van der Waals surface area contributed by atoms with Crippen LogP contribution in [0.4, 0.5) is 0 Å². The summed E-state index contributed by atoms with van der Waals surface area (Å²) in [5.74, 6) is 0.128. The van der Waals surface area contributed by atoms with Gasteiger partial charge in [-0.15, -0.1) is 0 Å². The molecule has 2 aromatic rings. The van der Waals surface area contributed by atoms with Crippen LogP contribution in [0.15, 0.2) is 58.8 Å². The number of aliphatic hydroxyl groups excluding tert-OH is 1. The third-order valence-corrected chi connectivity index (χ3v) is 7.40. The predicted octanol–water partition coefficient (Wildman–Crippen LogP) is 3.81. The molecule has 2 unspecified atom stereocenters. The summed E-state index contributed by atoms with van der Waals surface area (Å²) in [5.41, 5.74) is 0.554. The molecule has 1 fully saturated rings. The first-order valence-electron chi connectivity index (χ1n) is 10.4. The van der Waals surface area contributed by atoms with E-state index in [2.05, 4.69) is 5.32 Å². The number of hydrogen-bond acceptors (Lipinski definition) is 6. The molecule has 178 valence electrons. The molecular formula is C23H26Cl2N2O5S. The predicted molar refractivity (Wildman–Crippen MR) is 128 cm³/mol. The van der Waals surface area contributed by atoms with Crippen molar-refractivity contribution in [1.29, 1.82) is 0 Å². The molecule has 2 N–H and O–H groups in total.